The maximum absolute atomic E-state index is 13.6. The molecule has 0 saturated carbocycles. The summed E-state index contributed by atoms with van der Waals surface area (Å²) in [6, 6.07) is 3.56. The van der Waals surface area contributed by atoms with E-state index in [1.807, 2.05) is 0 Å². The smallest absolute Gasteiger partial charge is 0.151 e. The number of hydrogen-bond acceptors (Lipinski definition) is 3. The molecule has 0 atom stereocenters. The Morgan fingerprint density at radius 3 is 2.26 bits per heavy atom. The first-order valence-electron chi connectivity index (χ1n) is 4.91. The number of aromatic nitrogens is 1. The molecule has 0 fully saturated rings. The summed E-state index contributed by atoms with van der Waals surface area (Å²) in [5.41, 5.74) is 5.13. The van der Waals surface area contributed by atoms with Gasteiger partial charge in [-0.2, -0.15) is 0 Å². The van der Waals surface area contributed by atoms with Gasteiger partial charge < -0.3 is 11.1 Å². The minimum atomic E-state index is -0.793. The van der Waals surface area contributed by atoms with Crippen molar-refractivity contribution in [3.63, 3.8) is 0 Å². The number of nitrogen functional groups attached to an aromatic ring is 1. The molecule has 8 heteroatoms. The van der Waals surface area contributed by atoms with E-state index in [0.29, 0.717) is 0 Å². The molecule has 19 heavy (non-hydrogen) atoms. The van der Waals surface area contributed by atoms with Crippen LogP contribution in [0.2, 0.25) is 10.0 Å². The van der Waals surface area contributed by atoms with Gasteiger partial charge in [0, 0.05) is 4.47 Å². The van der Waals surface area contributed by atoms with Gasteiger partial charge in [-0.1, -0.05) is 39.1 Å². The van der Waals surface area contributed by atoms with Crippen LogP contribution in [-0.4, -0.2) is 4.98 Å². The summed E-state index contributed by atoms with van der Waals surface area (Å²) >= 11 is 14.6. The van der Waals surface area contributed by atoms with Crippen LogP contribution in [0.15, 0.2) is 22.7 Å². The number of nitrogens with one attached hydrogen (secondary N) is 1. The molecule has 0 aliphatic carbocycles. The zero-order chi connectivity index (χ0) is 14.2. The Morgan fingerprint density at radius 2 is 1.68 bits per heavy atom. The Hall–Kier alpha value is -1.11. The molecule has 100 valence electrons. The summed E-state index contributed by atoms with van der Waals surface area (Å²) in [4.78, 5) is 3.83. The second kappa shape index (κ2) is 5.48. The number of benzene rings is 1. The molecule has 2 rings (SSSR count). The van der Waals surface area contributed by atoms with Gasteiger partial charge in [-0.3, -0.25) is 0 Å². The van der Waals surface area contributed by atoms with Gasteiger partial charge >= 0.3 is 0 Å². The van der Waals surface area contributed by atoms with Crippen molar-refractivity contribution in [3.05, 3.63) is 44.4 Å². The maximum atomic E-state index is 13.6. The number of nitrogens with two attached hydrogens (primary N) is 1. The molecule has 1 aromatic heterocycles. The Labute approximate surface area is 125 Å². The van der Waals surface area contributed by atoms with E-state index in [2.05, 4.69) is 26.2 Å². The lowest BCUT2D eigenvalue weighted by atomic mass is 10.3. The number of pyridine rings is 1. The molecule has 0 saturated heterocycles. The molecule has 0 aliphatic heterocycles. The largest absolute Gasteiger partial charge is 0.382 e. The molecular formula is C11H6BrCl2F2N3. The highest BCUT2D eigenvalue weighted by Gasteiger charge is 2.14. The lowest BCUT2D eigenvalue weighted by Crippen LogP contribution is -2.02. The third-order valence-electron chi connectivity index (χ3n) is 2.21. The topological polar surface area (TPSA) is 50.9 Å². The van der Waals surface area contributed by atoms with Crippen LogP contribution in [0.1, 0.15) is 0 Å². The van der Waals surface area contributed by atoms with Gasteiger partial charge in [0.05, 0.1) is 10.0 Å². The van der Waals surface area contributed by atoms with E-state index in [1.54, 1.807) is 0 Å². The van der Waals surface area contributed by atoms with Crippen LogP contribution in [-0.2, 0) is 0 Å². The Morgan fingerprint density at radius 1 is 1.11 bits per heavy atom. The fourth-order valence-corrected chi connectivity index (χ4v) is 2.16. The number of halogens is 5. The van der Waals surface area contributed by atoms with E-state index in [-0.39, 0.29) is 31.8 Å². The summed E-state index contributed by atoms with van der Waals surface area (Å²) in [6.45, 7) is 0. The Kier molecular flexibility index (Phi) is 4.13. The highest BCUT2D eigenvalue weighted by atomic mass is 79.9. The van der Waals surface area contributed by atoms with Crippen LogP contribution in [0, 0.1) is 11.6 Å². The second-order valence-corrected chi connectivity index (χ2v) is 5.29. The van der Waals surface area contributed by atoms with E-state index < -0.39 is 11.6 Å². The average Bonchev–Trinajstić information content (AvgIpc) is 2.29. The highest BCUT2D eigenvalue weighted by molar-refractivity contribution is 9.10. The fourth-order valence-electron chi connectivity index (χ4n) is 1.35. The van der Waals surface area contributed by atoms with Crippen LogP contribution in [0.3, 0.4) is 0 Å². The molecule has 0 bridgehead atoms. The van der Waals surface area contributed by atoms with Crippen molar-refractivity contribution < 1.29 is 8.78 Å². The van der Waals surface area contributed by atoms with Gasteiger partial charge in [0.15, 0.2) is 17.5 Å². The van der Waals surface area contributed by atoms with Crippen LogP contribution < -0.4 is 11.1 Å². The minimum Gasteiger partial charge on any atom is -0.382 e. The van der Waals surface area contributed by atoms with E-state index >= 15 is 0 Å². The standard InChI is InChI=1S/C11H6BrCl2F2N3/c12-4-1-7(15)9(8(16)2-4)18-11-6(14)3-5(13)10(17)19-11/h1-3H,(H3,17,18,19). The first kappa shape index (κ1) is 14.3. The Balaban J connectivity index is 2.45. The van der Waals surface area contributed by atoms with Crippen LogP contribution in [0.25, 0.3) is 0 Å². The fraction of sp³-hybridized carbons (Fsp3) is 0. The lowest BCUT2D eigenvalue weighted by molar-refractivity contribution is 0.589. The summed E-state index contributed by atoms with van der Waals surface area (Å²) in [5.74, 6) is -1.56. The van der Waals surface area contributed by atoms with Crippen molar-refractivity contribution in [1.82, 2.24) is 4.98 Å². The van der Waals surface area contributed by atoms with Crippen molar-refractivity contribution >= 4 is 56.5 Å². The third-order valence-corrected chi connectivity index (χ3v) is 3.26. The molecule has 1 aromatic carbocycles. The second-order valence-electron chi connectivity index (χ2n) is 3.56. The van der Waals surface area contributed by atoms with E-state index in [0.717, 1.165) is 12.1 Å². The first-order chi connectivity index (χ1) is 8.88. The predicted molar refractivity (Wildman–Crippen MR) is 76.0 cm³/mol. The SMILES string of the molecule is Nc1nc(Nc2c(F)cc(Br)cc2F)c(Cl)cc1Cl. The average molecular weight is 369 g/mol. The third kappa shape index (κ3) is 3.08. The molecule has 0 unspecified atom stereocenters. The summed E-state index contributed by atoms with van der Waals surface area (Å²) in [6.07, 6.45) is 0. The van der Waals surface area contributed by atoms with Gasteiger partial charge in [-0.25, -0.2) is 13.8 Å². The molecule has 3 N–H and O–H groups in total. The lowest BCUT2D eigenvalue weighted by Gasteiger charge is -2.11. The van der Waals surface area contributed by atoms with Gasteiger partial charge in [0.2, 0.25) is 0 Å². The van der Waals surface area contributed by atoms with Crippen LogP contribution >= 0.6 is 39.1 Å². The first-order valence-corrected chi connectivity index (χ1v) is 6.46. The van der Waals surface area contributed by atoms with E-state index in [1.165, 1.54) is 6.07 Å². The van der Waals surface area contributed by atoms with Crippen LogP contribution in [0.4, 0.5) is 26.1 Å². The molecule has 0 radical (unpaired) electrons. The zero-order valence-corrected chi connectivity index (χ0v) is 12.2. The summed E-state index contributed by atoms with van der Waals surface area (Å²) in [7, 11) is 0. The van der Waals surface area contributed by atoms with E-state index in [4.69, 9.17) is 28.9 Å². The predicted octanol–water partition coefficient (Wildman–Crippen LogP) is 4.75. The maximum Gasteiger partial charge on any atom is 0.151 e. The molecule has 0 amide bonds. The number of nitrogens with zero attached hydrogens (tertiary/aromatic N) is 1. The molecular weight excluding hydrogens is 363 g/mol. The summed E-state index contributed by atoms with van der Waals surface area (Å²) < 4.78 is 27.6. The van der Waals surface area contributed by atoms with Crippen molar-refractivity contribution in [2.45, 2.75) is 0 Å². The highest BCUT2D eigenvalue weighted by Crippen LogP contribution is 2.32. The summed E-state index contributed by atoms with van der Waals surface area (Å²) in [5, 5.41) is 2.71. The van der Waals surface area contributed by atoms with Gasteiger partial charge in [-0.05, 0) is 18.2 Å². The minimum absolute atomic E-state index is 0.00601. The van der Waals surface area contributed by atoms with Crippen molar-refractivity contribution in [2.75, 3.05) is 11.1 Å². The number of rotatable bonds is 2. The molecule has 0 spiro atoms. The van der Waals surface area contributed by atoms with Crippen molar-refractivity contribution in [2.24, 2.45) is 0 Å². The van der Waals surface area contributed by atoms with Gasteiger partial charge in [-0.15, -0.1) is 0 Å². The monoisotopic (exact) mass is 367 g/mol. The number of hydrogen-bond donors (Lipinski definition) is 2. The zero-order valence-electron chi connectivity index (χ0n) is 9.15. The molecule has 1 heterocycles. The number of anilines is 3. The van der Waals surface area contributed by atoms with Crippen molar-refractivity contribution in [3.8, 4) is 0 Å². The normalized spacial score (nSPS) is 10.6. The van der Waals surface area contributed by atoms with Gasteiger partial charge in [0.25, 0.3) is 0 Å². The molecule has 3 nitrogen and oxygen atoms in total. The van der Waals surface area contributed by atoms with Crippen molar-refractivity contribution in [1.29, 1.82) is 0 Å². The molecule has 2 aromatic rings. The quantitative estimate of drug-likeness (QED) is 0.803. The van der Waals surface area contributed by atoms with E-state index in [9.17, 15) is 8.78 Å². The van der Waals surface area contributed by atoms with Crippen LogP contribution in [0.5, 0.6) is 0 Å². The Bertz CT molecular complexity index is 629. The molecule has 0 aliphatic rings. The van der Waals surface area contributed by atoms with Gasteiger partial charge in [0.1, 0.15) is 11.5 Å².